The number of aryl methyl sites for hydroxylation is 1. The van der Waals surface area contributed by atoms with Gasteiger partial charge in [0.2, 0.25) is 17.7 Å². The van der Waals surface area contributed by atoms with Crippen LogP contribution >= 0.6 is 0 Å². The van der Waals surface area contributed by atoms with Crippen LogP contribution in [-0.4, -0.2) is 87.9 Å². The molecule has 3 aliphatic heterocycles. The van der Waals surface area contributed by atoms with E-state index in [0.717, 1.165) is 11.1 Å². The molecular weight excluding hydrogens is 596 g/mol. The van der Waals surface area contributed by atoms with Gasteiger partial charge in [-0.2, -0.15) is 4.98 Å². The first-order valence-corrected chi connectivity index (χ1v) is 14.9. The summed E-state index contributed by atoms with van der Waals surface area (Å²) in [5.74, 6) is 1.53. The number of hydrogen-bond donors (Lipinski definition) is 2. The second-order valence-corrected chi connectivity index (χ2v) is 10.8. The first kappa shape index (κ1) is 32.2. The molecule has 3 amide bonds. The van der Waals surface area contributed by atoms with Gasteiger partial charge in [-0.25, -0.2) is 0 Å². The number of nitrogens with zero attached hydrogens (tertiary/aromatic N) is 2. The molecule has 3 aliphatic rings. The summed E-state index contributed by atoms with van der Waals surface area (Å²) >= 11 is 0. The summed E-state index contributed by atoms with van der Waals surface area (Å²) < 4.78 is 33.8. The van der Waals surface area contributed by atoms with Crippen molar-refractivity contribution in [3.63, 3.8) is 0 Å². The lowest BCUT2D eigenvalue weighted by Crippen LogP contribution is -2.58. The van der Waals surface area contributed by atoms with E-state index in [1.807, 2.05) is 12.1 Å². The highest BCUT2D eigenvalue weighted by molar-refractivity contribution is 5.96. The molecule has 0 aliphatic carbocycles. The summed E-state index contributed by atoms with van der Waals surface area (Å²) in [5, 5.41) is 5.96. The van der Waals surface area contributed by atoms with Gasteiger partial charge in [-0.3, -0.25) is 14.4 Å². The van der Waals surface area contributed by atoms with Crippen molar-refractivity contribution in [1.29, 1.82) is 0 Å². The molecule has 1 saturated heterocycles. The summed E-state index contributed by atoms with van der Waals surface area (Å²) in [6, 6.07) is 13.3. The monoisotopic (exact) mass is 634 g/mol. The third kappa shape index (κ3) is 7.53. The number of pyridine rings is 1. The number of methoxy groups -OCH3 is 4. The summed E-state index contributed by atoms with van der Waals surface area (Å²) in [6.45, 7) is 0.482. The van der Waals surface area contributed by atoms with Crippen LogP contribution in [0.3, 0.4) is 0 Å². The highest BCUT2D eigenvalue weighted by Gasteiger charge is 2.35. The molecule has 244 valence electrons. The highest BCUT2D eigenvalue weighted by Crippen LogP contribution is 2.30. The van der Waals surface area contributed by atoms with Crippen molar-refractivity contribution >= 4 is 17.7 Å². The van der Waals surface area contributed by atoms with Crippen molar-refractivity contribution in [2.45, 2.75) is 38.0 Å². The largest absolute Gasteiger partial charge is 0.496 e. The predicted octanol–water partition coefficient (Wildman–Crippen LogP) is 2.54. The van der Waals surface area contributed by atoms with E-state index in [1.165, 1.54) is 21.3 Å². The number of carbonyl (C=O) groups is 3. The molecule has 2 atom stereocenters. The van der Waals surface area contributed by atoms with Gasteiger partial charge in [0.15, 0.2) is 18.1 Å². The Hall–Kier alpha value is -5.20. The van der Waals surface area contributed by atoms with E-state index in [1.54, 1.807) is 48.4 Å². The number of benzene rings is 2. The predicted molar refractivity (Wildman–Crippen MR) is 166 cm³/mol. The Bertz CT molecular complexity index is 1580. The molecule has 1 fully saturated rings. The molecule has 2 aromatic carbocycles. The normalized spacial score (nSPS) is 18.7. The molecule has 13 nitrogen and oxygen atoms in total. The number of ether oxygens (including phenoxy) is 6. The maximum atomic E-state index is 13.7. The second kappa shape index (κ2) is 14.7. The molecular formula is C33H38N4O9. The van der Waals surface area contributed by atoms with E-state index in [-0.39, 0.29) is 49.4 Å². The quantitative estimate of drug-likeness (QED) is 0.429. The van der Waals surface area contributed by atoms with Crippen LogP contribution in [0, 0.1) is 0 Å². The first-order valence-electron chi connectivity index (χ1n) is 14.9. The minimum Gasteiger partial charge on any atom is -0.496 e. The summed E-state index contributed by atoms with van der Waals surface area (Å²) in [4.78, 5) is 45.5. The standard InChI is InChI=1S/C33H38N4O9/c1-41-26-10-5-20-6-11-29(38)34-17-21-7-8-22(16-27(21)42-2)46-25-13-14-37(18-24(25)35-30(39)19-45-28(26)15-20)33(40)23-9-12-31(43-3)36-32(23)44-4/h5,7-10,12,15-16,24-25H,6,11,13-14,17-19H2,1-4H3,(H,34,38)(H,35,39)/t24-,25+/m1/s1. The zero-order valence-corrected chi connectivity index (χ0v) is 26.3. The van der Waals surface area contributed by atoms with Crippen molar-refractivity contribution in [2.75, 3.05) is 48.1 Å². The zero-order chi connectivity index (χ0) is 32.6. The Kier molecular flexibility index (Phi) is 10.3. The number of rotatable bonds is 5. The Balaban J connectivity index is 1.43. The average molecular weight is 635 g/mol. The Labute approximate surface area is 267 Å². The number of aromatic nitrogens is 1. The molecule has 6 rings (SSSR count). The van der Waals surface area contributed by atoms with Gasteiger partial charge in [-0.1, -0.05) is 6.07 Å². The lowest BCUT2D eigenvalue weighted by atomic mass is 10.0. The molecule has 13 heteroatoms. The number of fused-ring (bicyclic) bond motifs is 9. The van der Waals surface area contributed by atoms with E-state index in [4.69, 9.17) is 28.4 Å². The number of carbonyl (C=O) groups excluding carboxylic acids is 3. The van der Waals surface area contributed by atoms with Gasteiger partial charge in [-0.05, 0) is 42.3 Å². The van der Waals surface area contributed by atoms with E-state index < -0.39 is 18.1 Å². The molecule has 0 saturated carbocycles. The zero-order valence-electron chi connectivity index (χ0n) is 26.3. The third-order valence-electron chi connectivity index (χ3n) is 7.90. The van der Waals surface area contributed by atoms with Gasteiger partial charge in [0.1, 0.15) is 23.2 Å². The topological polar surface area (TPSA) is 147 Å². The molecule has 4 bridgehead atoms. The summed E-state index contributed by atoms with van der Waals surface area (Å²) in [7, 11) is 5.98. The Morgan fingerprint density at radius 1 is 0.913 bits per heavy atom. The Morgan fingerprint density at radius 3 is 2.50 bits per heavy atom. The van der Waals surface area contributed by atoms with Crippen molar-refractivity contribution in [3.8, 4) is 34.8 Å². The van der Waals surface area contributed by atoms with Crippen LogP contribution in [0.2, 0.25) is 0 Å². The maximum Gasteiger partial charge on any atom is 0.259 e. The molecule has 1 aromatic heterocycles. The molecule has 0 spiro atoms. The second-order valence-electron chi connectivity index (χ2n) is 10.8. The van der Waals surface area contributed by atoms with E-state index in [9.17, 15) is 14.4 Å². The Morgan fingerprint density at radius 2 is 1.74 bits per heavy atom. The average Bonchev–Trinajstić information content (AvgIpc) is 3.08. The molecule has 0 radical (unpaired) electrons. The van der Waals surface area contributed by atoms with Crippen LogP contribution in [0.15, 0.2) is 48.5 Å². The fraction of sp³-hybridized carbons (Fsp3) is 0.394. The van der Waals surface area contributed by atoms with Crippen molar-refractivity contribution in [2.24, 2.45) is 0 Å². The fourth-order valence-electron chi connectivity index (χ4n) is 5.46. The molecule has 4 heterocycles. The van der Waals surface area contributed by atoms with Crippen LogP contribution in [0.5, 0.6) is 34.8 Å². The van der Waals surface area contributed by atoms with E-state index >= 15 is 0 Å². The van der Waals surface area contributed by atoms with E-state index in [2.05, 4.69) is 15.6 Å². The highest BCUT2D eigenvalue weighted by atomic mass is 16.5. The van der Waals surface area contributed by atoms with Crippen LogP contribution in [0.25, 0.3) is 0 Å². The van der Waals surface area contributed by atoms with Crippen molar-refractivity contribution < 1.29 is 42.8 Å². The van der Waals surface area contributed by atoms with Gasteiger partial charge in [0, 0.05) is 50.2 Å². The van der Waals surface area contributed by atoms with Crippen molar-refractivity contribution in [1.82, 2.24) is 20.5 Å². The molecule has 3 aromatic rings. The lowest BCUT2D eigenvalue weighted by Gasteiger charge is -2.39. The maximum absolute atomic E-state index is 13.7. The van der Waals surface area contributed by atoms with Gasteiger partial charge >= 0.3 is 0 Å². The smallest absolute Gasteiger partial charge is 0.259 e. The molecule has 46 heavy (non-hydrogen) atoms. The van der Waals surface area contributed by atoms with E-state index in [0.29, 0.717) is 48.3 Å². The third-order valence-corrected chi connectivity index (χ3v) is 7.90. The van der Waals surface area contributed by atoms with Gasteiger partial charge in [0.25, 0.3) is 11.8 Å². The van der Waals surface area contributed by atoms with Crippen LogP contribution in [0.1, 0.15) is 34.3 Å². The van der Waals surface area contributed by atoms with Gasteiger partial charge in [0.05, 0.1) is 34.5 Å². The minimum atomic E-state index is -0.591. The van der Waals surface area contributed by atoms with Crippen LogP contribution in [-0.2, 0) is 22.6 Å². The number of nitrogens with one attached hydrogen (secondary N) is 2. The fourth-order valence-corrected chi connectivity index (χ4v) is 5.46. The number of piperidine rings is 1. The summed E-state index contributed by atoms with van der Waals surface area (Å²) in [5.41, 5.74) is 1.91. The van der Waals surface area contributed by atoms with Gasteiger partial charge < -0.3 is 44.0 Å². The SMILES string of the molecule is COc1ccc(C(=O)N2CC[C@@H]3Oc4ccc(c(OC)c4)CNC(=O)CCc4ccc(OC)c(c4)OCC(=O)N[C@@H]3C2)c(OC)n1. The lowest BCUT2D eigenvalue weighted by molar-refractivity contribution is -0.125. The van der Waals surface area contributed by atoms with Crippen LogP contribution in [0.4, 0.5) is 0 Å². The van der Waals surface area contributed by atoms with Crippen LogP contribution < -0.4 is 39.1 Å². The van der Waals surface area contributed by atoms with Crippen molar-refractivity contribution in [3.05, 3.63) is 65.2 Å². The summed E-state index contributed by atoms with van der Waals surface area (Å²) in [6.07, 6.45) is 0.649. The first-order chi connectivity index (χ1) is 22.3. The van der Waals surface area contributed by atoms with Gasteiger partial charge in [-0.15, -0.1) is 0 Å². The minimum absolute atomic E-state index is 0.120. The number of likely N-dealkylation sites (tertiary alicyclic amines) is 1. The molecule has 0 unspecified atom stereocenters. The number of amides is 3. The number of hydrogen-bond acceptors (Lipinski definition) is 10. The molecule has 2 N–H and O–H groups in total.